The van der Waals surface area contributed by atoms with E-state index in [1.54, 1.807) is 0 Å². The fourth-order valence-corrected chi connectivity index (χ4v) is 2.02. The predicted octanol–water partition coefficient (Wildman–Crippen LogP) is 2.72. The Labute approximate surface area is 99.1 Å². The van der Waals surface area contributed by atoms with Gasteiger partial charge in [-0.2, -0.15) is 0 Å². The highest BCUT2D eigenvalue weighted by atomic mass is 16.7. The Morgan fingerprint density at radius 3 is 2.88 bits per heavy atom. The summed E-state index contributed by atoms with van der Waals surface area (Å²) in [4.78, 5) is 0. The van der Waals surface area contributed by atoms with Crippen LogP contribution in [0.25, 0.3) is 0 Å². The lowest BCUT2D eigenvalue weighted by molar-refractivity contribution is -0.162. The van der Waals surface area contributed by atoms with Crippen LogP contribution in [0.5, 0.6) is 0 Å². The smallest absolute Gasteiger partial charge is 0.157 e. The second-order valence-corrected chi connectivity index (χ2v) is 4.62. The number of unbranched alkanes of at least 4 members (excludes halogenated alkanes) is 1. The van der Waals surface area contributed by atoms with Gasteiger partial charge >= 0.3 is 0 Å². The molecular formula is C13H26O3. The zero-order valence-corrected chi connectivity index (χ0v) is 10.5. The van der Waals surface area contributed by atoms with Gasteiger partial charge in [-0.25, -0.2) is 0 Å². The quantitative estimate of drug-likeness (QED) is 0.652. The number of rotatable bonds is 8. The lowest BCUT2D eigenvalue weighted by atomic mass is 10.0. The van der Waals surface area contributed by atoms with Gasteiger partial charge < -0.3 is 14.6 Å². The molecule has 3 nitrogen and oxygen atoms in total. The van der Waals surface area contributed by atoms with E-state index in [1.807, 2.05) is 0 Å². The first-order chi connectivity index (χ1) is 7.86. The van der Waals surface area contributed by atoms with Gasteiger partial charge in [0.25, 0.3) is 0 Å². The zero-order chi connectivity index (χ0) is 11.6. The van der Waals surface area contributed by atoms with Crippen LogP contribution in [0, 0.1) is 5.92 Å². The third-order valence-corrected chi connectivity index (χ3v) is 3.28. The maximum absolute atomic E-state index is 9.04. The highest BCUT2D eigenvalue weighted by molar-refractivity contribution is 4.56. The van der Waals surface area contributed by atoms with Crippen molar-refractivity contribution in [1.29, 1.82) is 0 Å². The summed E-state index contributed by atoms with van der Waals surface area (Å²) in [6, 6.07) is 0. The molecule has 96 valence electrons. The molecule has 1 heterocycles. The Hall–Kier alpha value is -0.120. The molecule has 1 saturated heterocycles. The molecule has 0 spiro atoms. The van der Waals surface area contributed by atoms with Gasteiger partial charge in [0.05, 0.1) is 0 Å². The highest BCUT2D eigenvalue weighted by Crippen LogP contribution is 2.15. The van der Waals surface area contributed by atoms with Crippen molar-refractivity contribution >= 4 is 0 Å². The van der Waals surface area contributed by atoms with Crippen LogP contribution in [-0.2, 0) is 9.47 Å². The molecule has 3 heteroatoms. The summed E-state index contributed by atoms with van der Waals surface area (Å²) < 4.78 is 11.1. The molecule has 0 radical (unpaired) electrons. The van der Waals surface area contributed by atoms with Crippen molar-refractivity contribution in [2.24, 2.45) is 5.92 Å². The molecule has 2 unspecified atom stereocenters. The van der Waals surface area contributed by atoms with Crippen LogP contribution in [-0.4, -0.2) is 31.2 Å². The van der Waals surface area contributed by atoms with Crippen LogP contribution in [0.15, 0.2) is 0 Å². The van der Waals surface area contributed by atoms with Gasteiger partial charge in [0.15, 0.2) is 6.29 Å². The molecule has 0 bridgehead atoms. The normalized spacial score (nSPS) is 23.2. The van der Waals surface area contributed by atoms with Gasteiger partial charge in [-0.3, -0.25) is 0 Å². The molecule has 1 fully saturated rings. The van der Waals surface area contributed by atoms with Crippen LogP contribution in [0.4, 0.5) is 0 Å². The second kappa shape index (κ2) is 8.97. The standard InChI is InChI=1S/C13H26O3/c1-2-12(11-14)7-3-5-9-15-13-8-4-6-10-16-13/h12-14H,2-11H2,1H3. The Kier molecular flexibility index (Phi) is 7.81. The monoisotopic (exact) mass is 230 g/mol. The second-order valence-electron chi connectivity index (χ2n) is 4.62. The van der Waals surface area contributed by atoms with Crippen molar-refractivity contribution in [3.8, 4) is 0 Å². The summed E-state index contributed by atoms with van der Waals surface area (Å²) in [5, 5.41) is 9.04. The first-order valence-corrected chi connectivity index (χ1v) is 6.71. The molecule has 1 aliphatic heterocycles. The Bertz CT molecular complexity index is 151. The van der Waals surface area contributed by atoms with E-state index in [0.29, 0.717) is 12.5 Å². The van der Waals surface area contributed by atoms with Crippen molar-refractivity contribution < 1.29 is 14.6 Å². The van der Waals surface area contributed by atoms with E-state index >= 15 is 0 Å². The van der Waals surface area contributed by atoms with Gasteiger partial charge in [0.2, 0.25) is 0 Å². The average molecular weight is 230 g/mol. The van der Waals surface area contributed by atoms with E-state index in [1.165, 1.54) is 12.8 Å². The summed E-state index contributed by atoms with van der Waals surface area (Å²) in [7, 11) is 0. The van der Waals surface area contributed by atoms with Crippen molar-refractivity contribution in [3.05, 3.63) is 0 Å². The minimum Gasteiger partial charge on any atom is -0.396 e. The van der Waals surface area contributed by atoms with Crippen LogP contribution >= 0.6 is 0 Å². The molecular weight excluding hydrogens is 204 g/mol. The van der Waals surface area contributed by atoms with E-state index in [-0.39, 0.29) is 6.29 Å². The topological polar surface area (TPSA) is 38.7 Å². The molecule has 0 aromatic rings. The molecule has 1 N–H and O–H groups in total. The van der Waals surface area contributed by atoms with Gasteiger partial charge in [0.1, 0.15) is 0 Å². The number of aliphatic hydroxyl groups is 1. The summed E-state index contributed by atoms with van der Waals surface area (Å²) in [6.45, 7) is 4.11. The molecule has 1 rings (SSSR count). The minimum absolute atomic E-state index is 0.0496. The fraction of sp³-hybridized carbons (Fsp3) is 1.00. The Balaban J connectivity index is 1.90. The molecule has 0 aromatic heterocycles. The third-order valence-electron chi connectivity index (χ3n) is 3.28. The van der Waals surface area contributed by atoms with Crippen LogP contribution in [0.1, 0.15) is 51.9 Å². The van der Waals surface area contributed by atoms with Crippen molar-refractivity contribution in [3.63, 3.8) is 0 Å². The molecule has 1 aliphatic rings. The molecule has 0 amide bonds. The lowest BCUT2D eigenvalue weighted by Gasteiger charge is -2.22. The van der Waals surface area contributed by atoms with E-state index in [9.17, 15) is 0 Å². The molecule has 0 aromatic carbocycles. The molecule has 16 heavy (non-hydrogen) atoms. The predicted molar refractivity (Wildman–Crippen MR) is 64.3 cm³/mol. The van der Waals surface area contributed by atoms with Gasteiger partial charge in [-0.15, -0.1) is 0 Å². The van der Waals surface area contributed by atoms with E-state index < -0.39 is 0 Å². The van der Waals surface area contributed by atoms with Gasteiger partial charge in [-0.1, -0.05) is 19.8 Å². The molecule has 0 aliphatic carbocycles. The van der Waals surface area contributed by atoms with Crippen LogP contribution < -0.4 is 0 Å². The first-order valence-electron chi connectivity index (χ1n) is 6.71. The van der Waals surface area contributed by atoms with Gasteiger partial charge in [0, 0.05) is 19.8 Å². The number of aliphatic hydroxyl groups excluding tert-OH is 1. The SMILES string of the molecule is CCC(CO)CCCCOC1CCCCO1. The zero-order valence-electron chi connectivity index (χ0n) is 10.5. The van der Waals surface area contributed by atoms with Crippen molar-refractivity contribution in [2.75, 3.05) is 19.8 Å². The maximum Gasteiger partial charge on any atom is 0.157 e. The maximum atomic E-state index is 9.04. The Morgan fingerprint density at radius 1 is 1.38 bits per heavy atom. The Morgan fingerprint density at radius 2 is 2.25 bits per heavy atom. The summed E-state index contributed by atoms with van der Waals surface area (Å²) in [5.41, 5.74) is 0. The summed E-state index contributed by atoms with van der Waals surface area (Å²) >= 11 is 0. The summed E-state index contributed by atoms with van der Waals surface area (Å²) in [6.07, 6.45) is 7.91. The largest absolute Gasteiger partial charge is 0.396 e. The molecule has 0 saturated carbocycles. The lowest BCUT2D eigenvalue weighted by Crippen LogP contribution is -2.22. The minimum atomic E-state index is 0.0496. The number of hydrogen-bond acceptors (Lipinski definition) is 3. The third kappa shape index (κ3) is 5.83. The average Bonchev–Trinajstić information content (AvgIpc) is 2.35. The highest BCUT2D eigenvalue weighted by Gasteiger charge is 2.13. The number of hydrogen-bond donors (Lipinski definition) is 1. The van der Waals surface area contributed by atoms with E-state index in [4.69, 9.17) is 14.6 Å². The van der Waals surface area contributed by atoms with E-state index in [0.717, 1.165) is 45.3 Å². The first kappa shape index (κ1) is 13.9. The van der Waals surface area contributed by atoms with Crippen molar-refractivity contribution in [2.45, 2.75) is 58.2 Å². The fourth-order valence-electron chi connectivity index (χ4n) is 2.02. The van der Waals surface area contributed by atoms with Crippen LogP contribution in [0.2, 0.25) is 0 Å². The van der Waals surface area contributed by atoms with E-state index in [2.05, 4.69) is 6.92 Å². The summed E-state index contributed by atoms with van der Waals surface area (Å²) in [5.74, 6) is 0.478. The molecule has 2 atom stereocenters. The van der Waals surface area contributed by atoms with Crippen LogP contribution in [0.3, 0.4) is 0 Å². The van der Waals surface area contributed by atoms with Crippen molar-refractivity contribution in [1.82, 2.24) is 0 Å². The van der Waals surface area contributed by atoms with Gasteiger partial charge in [-0.05, 0) is 38.0 Å². The number of ether oxygens (including phenoxy) is 2.